The fourth-order valence-electron chi connectivity index (χ4n) is 3.98. The Bertz CT molecular complexity index is 524. The SMILES string of the molecule is CCc1nnc(NCC2(N3CCCCC3)CCOCC2)nc1CC. The van der Waals surface area contributed by atoms with E-state index in [2.05, 4.69) is 39.2 Å². The van der Waals surface area contributed by atoms with Crippen molar-refractivity contribution in [2.45, 2.75) is 64.3 Å². The third kappa shape index (κ3) is 3.86. The van der Waals surface area contributed by atoms with E-state index in [1.54, 1.807) is 0 Å². The third-order valence-electron chi connectivity index (χ3n) is 5.54. The first-order chi connectivity index (χ1) is 11.8. The molecule has 1 N–H and O–H groups in total. The number of nitrogens with zero attached hydrogens (tertiary/aromatic N) is 4. The van der Waals surface area contributed by atoms with Gasteiger partial charge in [0.1, 0.15) is 0 Å². The minimum atomic E-state index is 0.178. The summed E-state index contributed by atoms with van der Waals surface area (Å²) in [7, 11) is 0. The number of hydrogen-bond acceptors (Lipinski definition) is 6. The third-order valence-corrected chi connectivity index (χ3v) is 5.54. The van der Waals surface area contributed by atoms with Gasteiger partial charge in [0.05, 0.1) is 11.4 Å². The maximum absolute atomic E-state index is 5.64. The Balaban J connectivity index is 1.71. The van der Waals surface area contributed by atoms with Crippen molar-refractivity contribution in [1.29, 1.82) is 0 Å². The van der Waals surface area contributed by atoms with Crippen molar-refractivity contribution < 1.29 is 4.74 Å². The van der Waals surface area contributed by atoms with Crippen LogP contribution >= 0.6 is 0 Å². The molecule has 0 unspecified atom stereocenters. The van der Waals surface area contributed by atoms with Crippen LogP contribution in [-0.4, -0.2) is 58.5 Å². The molecular formula is C18H31N5O. The molecule has 134 valence electrons. The Morgan fingerprint density at radius 1 is 1.00 bits per heavy atom. The van der Waals surface area contributed by atoms with Crippen LogP contribution in [0.1, 0.15) is 57.3 Å². The molecule has 6 nitrogen and oxygen atoms in total. The highest BCUT2D eigenvalue weighted by Crippen LogP contribution is 2.31. The number of ether oxygens (including phenoxy) is 1. The Labute approximate surface area is 145 Å². The van der Waals surface area contributed by atoms with Crippen LogP contribution in [0.15, 0.2) is 0 Å². The van der Waals surface area contributed by atoms with Gasteiger partial charge < -0.3 is 10.1 Å². The number of hydrogen-bond donors (Lipinski definition) is 1. The molecule has 2 aliphatic rings. The highest BCUT2D eigenvalue weighted by Gasteiger charge is 2.38. The van der Waals surface area contributed by atoms with Crippen LogP contribution in [0.4, 0.5) is 5.95 Å². The number of likely N-dealkylation sites (tertiary alicyclic amines) is 1. The van der Waals surface area contributed by atoms with Gasteiger partial charge in [0.15, 0.2) is 0 Å². The molecule has 2 aliphatic heterocycles. The molecule has 2 fully saturated rings. The lowest BCUT2D eigenvalue weighted by molar-refractivity contribution is -0.0294. The Hall–Kier alpha value is -1.27. The monoisotopic (exact) mass is 333 g/mol. The second kappa shape index (κ2) is 8.21. The number of aryl methyl sites for hydroxylation is 2. The van der Waals surface area contributed by atoms with Crippen molar-refractivity contribution in [3.8, 4) is 0 Å². The molecule has 2 saturated heterocycles. The summed E-state index contributed by atoms with van der Waals surface area (Å²) in [5.74, 6) is 0.673. The zero-order valence-electron chi connectivity index (χ0n) is 15.2. The summed E-state index contributed by atoms with van der Waals surface area (Å²) < 4.78 is 5.64. The first kappa shape index (κ1) is 17.5. The smallest absolute Gasteiger partial charge is 0.243 e. The van der Waals surface area contributed by atoms with Gasteiger partial charge in [-0.2, -0.15) is 5.10 Å². The van der Waals surface area contributed by atoms with Gasteiger partial charge >= 0.3 is 0 Å². The van der Waals surface area contributed by atoms with Gasteiger partial charge in [0.2, 0.25) is 5.95 Å². The van der Waals surface area contributed by atoms with E-state index in [9.17, 15) is 0 Å². The van der Waals surface area contributed by atoms with Gasteiger partial charge in [-0.25, -0.2) is 4.98 Å². The zero-order valence-corrected chi connectivity index (χ0v) is 15.2. The lowest BCUT2D eigenvalue weighted by Gasteiger charge is -2.48. The minimum absolute atomic E-state index is 0.178. The van der Waals surface area contributed by atoms with E-state index in [-0.39, 0.29) is 5.54 Å². The van der Waals surface area contributed by atoms with Gasteiger partial charge in [-0.3, -0.25) is 4.90 Å². The molecule has 1 aromatic heterocycles. The Morgan fingerprint density at radius 2 is 1.71 bits per heavy atom. The number of anilines is 1. The van der Waals surface area contributed by atoms with E-state index in [0.717, 1.165) is 56.8 Å². The maximum atomic E-state index is 5.64. The second-order valence-corrected chi connectivity index (χ2v) is 6.97. The largest absolute Gasteiger partial charge is 0.381 e. The lowest BCUT2D eigenvalue weighted by atomic mass is 9.86. The van der Waals surface area contributed by atoms with Gasteiger partial charge in [0.25, 0.3) is 0 Å². The van der Waals surface area contributed by atoms with Crippen LogP contribution in [0.3, 0.4) is 0 Å². The summed E-state index contributed by atoms with van der Waals surface area (Å²) in [5, 5.41) is 12.1. The molecule has 3 heterocycles. The summed E-state index contributed by atoms with van der Waals surface area (Å²) in [6.07, 6.45) is 7.94. The maximum Gasteiger partial charge on any atom is 0.243 e. The van der Waals surface area contributed by atoms with Crippen molar-refractivity contribution in [2.75, 3.05) is 38.2 Å². The molecule has 0 amide bonds. The normalized spacial score (nSPS) is 21.6. The van der Waals surface area contributed by atoms with E-state index >= 15 is 0 Å². The second-order valence-electron chi connectivity index (χ2n) is 6.97. The van der Waals surface area contributed by atoms with Crippen molar-refractivity contribution in [2.24, 2.45) is 0 Å². The predicted molar refractivity (Wildman–Crippen MR) is 95.3 cm³/mol. The van der Waals surface area contributed by atoms with Crippen LogP contribution in [0.5, 0.6) is 0 Å². The average Bonchev–Trinajstić information content (AvgIpc) is 2.67. The lowest BCUT2D eigenvalue weighted by Crippen LogP contribution is -2.57. The summed E-state index contributed by atoms with van der Waals surface area (Å²) in [5.41, 5.74) is 2.26. The molecule has 0 aliphatic carbocycles. The summed E-state index contributed by atoms with van der Waals surface area (Å²) in [6.45, 7) is 9.22. The quantitative estimate of drug-likeness (QED) is 0.863. The van der Waals surface area contributed by atoms with E-state index in [1.807, 2.05) is 0 Å². The topological polar surface area (TPSA) is 63.2 Å². The van der Waals surface area contributed by atoms with E-state index in [0.29, 0.717) is 5.95 Å². The van der Waals surface area contributed by atoms with Crippen LogP contribution in [0.2, 0.25) is 0 Å². The first-order valence-electron chi connectivity index (χ1n) is 9.56. The first-order valence-corrected chi connectivity index (χ1v) is 9.56. The Kier molecular flexibility index (Phi) is 6.00. The van der Waals surface area contributed by atoms with E-state index < -0.39 is 0 Å². The summed E-state index contributed by atoms with van der Waals surface area (Å²) in [6, 6.07) is 0. The van der Waals surface area contributed by atoms with Gasteiger partial charge in [-0.05, 0) is 51.6 Å². The average molecular weight is 333 g/mol. The molecule has 3 rings (SSSR count). The standard InChI is InChI=1S/C18H31N5O/c1-3-15-16(4-2)21-22-17(20-15)19-14-18(8-12-24-13-9-18)23-10-6-5-7-11-23/h3-14H2,1-2H3,(H,19,20,22). The van der Waals surface area contributed by atoms with Crippen LogP contribution < -0.4 is 5.32 Å². The van der Waals surface area contributed by atoms with Crippen LogP contribution in [0, 0.1) is 0 Å². The molecular weight excluding hydrogens is 302 g/mol. The molecule has 0 aromatic carbocycles. The van der Waals surface area contributed by atoms with Crippen molar-refractivity contribution in [1.82, 2.24) is 20.1 Å². The highest BCUT2D eigenvalue weighted by molar-refractivity contribution is 5.27. The van der Waals surface area contributed by atoms with Crippen molar-refractivity contribution in [3.63, 3.8) is 0 Å². The number of aromatic nitrogens is 3. The van der Waals surface area contributed by atoms with Crippen LogP contribution in [-0.2, 0) is 17.6 Å². The van der Waals surface area contributed by atoms with Crippen molar-refractivity contribution >= 4 is 5.95 Å². The molecule has 24 heavy (non-hydrogen) atoms. The molecule has 1 aromatic rings. The number of rotatable bonds is 6. The van der Waals surface area contributed by atoms with Crippen molar-refractivity contribution in [3.05, 3.63) is 11.4 Å². The van der Waals surface area contributed by atoms with Crippen LogP contribution in [0.25, 0.3) is 0 Å². The Morgan fingerprint density at radius 3 is 2.38 bits per heavy atom. The van der Waals surface area contributed by atoms with Gasteiger partial charge in [-0.1, -0.05) is 20.3 Å². The summed E-state index contributed by atoms with van der Waals surface area (Å²) >= 11 is 0. The molecule has 0 bridgehead atoms. The predicted octanol–water partition coefficient (Wildman–Crippen LogP) is 2.44. The fourth-order valence-corrected chi connectivity index (χ4v) is 3.98. The van der Waals surface area contributed by atoms with Gasteiger partial charge in [-0.15, -0.1) is 5.10 Å². The molecule has 0 saturated carbocycles. The molecule has 6 heteroatoms. The highest BCUT2D eigenvalue weighted by atomic mass is 16.5. The van der Waals surface area contributed by atoms with E-state index in [1.165, 1.54) is 32.4 Å². The number of nitrogens with one attached hydrogen (secondary N) is 1. The van der Waals surface area contributed by atoms with E-state index in [4.69, 9.17) is 4.74 Å². The summed E-state index contributed by atoms with van der Waals surface area (Å²) in [4.78, 5) is 7.37. The molecule has 0 radical (unpaired) electrons. The van der Waals surface area contributed by atoms with Gasteiger partial charge in [0, 0.05) is 25.3 Å². The zero-order chi connectivity index (χ0) is 16.8. The number of piperidine rings is 1. The minimum Gasteiger partial charge on any atom is -0.381 e. The molecule has 0 spiro atoms. The molecule has 0 atom stereocenters. The fraction of sp³-hybridized carbons (Fsp3) is 0.833.